The Morgan fingerprint density at radius 2 is 0.955 bits per heavy atom. The second-order valence-corrected chi connectivity index (χ2v) is 7.71. The zero-order valence-electron chi connectivity index (χ0n) is 16.5. The van der Waals surface area contributed by atoms with E-state index in [1.54, 1.807) is 0 Å². The van der Waals surface area contributed by atoms with Crippen LogP contribution in [0.2, 0.25) is 0 Å². The van der Waals surface area contributed by atoms with E-state index in [1.165, 1.54) is 90.0 Å². The quantitative estimate of drug-likeness (QED) is 0.276. The summed E-state index contributed by atoms with van der Waals surface area (Å²) in [5.74, 6) is 0.770. The minimum atomic E-state index is 0.720. The van der Waals surface area contributed by atoms with E-state index >= 15 is 0 Å². The molecule has 0 saturated heterocycles. The summed E-state index contributed by atoms with van der Waals surface area (Å²) >= 11 is 0. The summed E-state index contributed by atoms with van der Waals surface area (Å²) in [6.45, 7) is 10.6. The van der Waals surface area contributed by atoms with Crippen molar-refractivity contribution in [3.8, 4) is 0 Å². The lowest BCUT2D eigenvalue weighted by Crippen LogP contribution is -2.33. The Labute approximate surface area is 142 Å². The Balaban J connectivity index is 3.17. The van der Waals surface area contributed by atoms with Crippen molar-refractivity contribution in [2.24, 2.45) is 5.92 Å². The Kier molecular flexibility index (Phi) is 15.8. The van der Waals surface area contributed by atoms with Gasteiger partial charge in [0, 0.05) is 6.04 Å². The SMILES string of the molecule is CCCCCCCCCCCCCCCN(C)C(C)C(C)C. The van der Waals surface area contributed by atoms with Gasteiger partial charge in [0.2, 0.25) is 0 Å². The molecule has 0 rings (SSSR count). The summed E-state index contributed by atoms with van der Waals surface area (Å²) in [6, 6.07) is 0.720. The lowest BCUT2D eigenvalue weighted by molar-refractivity contribution is 0.204. The molecule has 0 aromatic heterocycles. The van der Waals surface area contributed by atoms with Crippen molar-refractivity contribution < 1.29 is 0 Å². The maximum atomic E-state index is 2.53. The maximum absolute atomic E-state index is 2.53. The van der Waals surface area contributed by atoms with Crippen LogP contribution < -0.4 is 0 Å². The van der Waals surface area contributed by atoms with Crippen LogP contribution in [0.5, 0.6) is 0 Å². The second-order valence-electron chi connectivity index (χ2n) is 7.71. The van der Waals surface area contributed by atoms with Gasteiger partial charge >= 0.3 is 0 Å². The smallest absolute Gasteiger partial charge is 0.00868 e. The Morgan fingerprint density at radius 3 is 1.32 bits per heavy atom. The Hall–Kier alpha value is -0.0400. The summed E-state index contributed by atoms with van der Waals surface area (Å²) in [7, 11) is 2.28. The van der Waals surface area contributed by atoms with Gasteiger partial charge in [-0.15, -0.1) is 0 Å². The molecule has 134 valence electrons. The van der Waals surface area contributed by atoms with Gasteiger partial charge in [0.25, 0.3) is 0 Å². The first-order valence-electron chi connectivity index (χ1n) is 10.3. The average molecular weight is 312 g/mol. The molecule has 0 aliphatic rings. The molecule has 1 nitrogen and oxygen atoms in total. The second kappa shape index (κ2) is 15.8. The number of rotatable bonds is 16. The van der Waals surface area contributed by atoms with Crippen LogP contribution in [0.15, 0.2) is 0 Å². The number of nitrogens with zero attached hydrogens (tertiary/aromatic N) is 1. The van der Waals surface area contributed by atoms with E-state index in [0.717, 1.165) is 12.0 Å². The van der Waals surface area contributed by atoms with Gasteiger partial charge in [-0.25, -0.2) is 0 Å². The van der Waals surface area contributed by atoms with Gasteiger partial charge in [0.15, 0.2) is 0 Å². The number of hydrogen-bond acceptors (Lipinski definition) is 1. The van der Waals surface area contributed by atoms with E-state index in [0.29, 0.717) is 0 Å². The van der Waals surface area contributed by atoms with Crippen LogP contribution in [-0.2, 0) is 0 Å². The van der Waals surface area contributed by atoms with Gasteiger partial charge < -0.3 is 4.90 Å². The van der Waals surface area contributed by atoms with Crippen LogP contribution in [0.1, 0.15) is 111 Å². The molecule has 0 spiro atoms. The molecule has 0 heterocycles. The molecule has 0 aromatic rings. The summed E-state index contributed by atoms with van der Waals surface area (Å²) in [6.07, 6.45) is 18.8. The average Bonchev–Trinajstić information content (AvgIpc) is 2.50. The summed E-state index contributed by atoms with van der Waals surface area (Å²) in [4.78, 5) is 2.53. The molecule has 0 bridgehead atoms. The fraction of sp³-hybridized carbons (Fsp3) is 1.00. The highest BCUT2D eigenvalue weighted by Gasteiger charge is 2.11. The predicted molar refractivity (Wildman–Crippen MR) is 103 cm³/mol. The molecular weight excluding hydrogens is 266 g/mol. The molecule has 0 aliphatic carbocycles. The van der Waals surface area contributed by atoms with Crippen LogP contribution in [-0.4, -0.2) is 24.5 Å². The normalized spacial score (nSPS) is 13.2. The van der Waals surface area contributed by atoms with Crippen molar-refractivity contribution in [2.45, 2.75) is 117 Å². The molecule has 0 amide bonds. The van der Waals surface area contributed by atoms with Crippen LogP contribution in [0.4, 0.5) is 0 Å². The highest BCUT2D eigenvalue weighted by Crippen LogP contribution is 2.13. The third-order valence-electron chi connectivity index (χ3n) is 5.27. The molecule has 0 saturated carbocycles. The fourth-order valence-corrected chi connectivity index (χ4v) is 3.09. The van der Waals surface area contributed by atoms with E-state index in [9.17, 15) is 0 Å². The number of unbranched alkanes of at least 4 members (excludes halogenated alkanes) is 12. The summed E-state index contributed by atoms with van der Waals surface area (Å²) in [5.41, 5.74) is 0. The van der Waals surface area contributed by atoms with E-state index in [-0.39, 0.29) is 0 Å². The molecule has 1 atom stereocenters. The topological polar surface area (TPSA) is 3.24 Å². The molecule has 0 radical (unpaired) electrons. The lowest BCUT2D eigenvalue weighted by atomic mass is 10.0. The van der Waals surface area contributed by atoms with Crippen molar-refractivity contribution >= 4 is 0 Å². The van der Waals surface area contributed by atoms with Crippen LogP contribution in [0.25, 0.3) is 0 Å². The monoisotopic (exact) mass is 311 g/mol. The highest BCUT2D eigenvalue weighted by molar-refractivity contribution is 4.66. The van der Waals surface area contributed by atoms with Crippen LogP contribution in [0.3, 0.4) is 0 Å². The first-order valence-corrected chi connectivity index (χ1v) is 10.3. The van der Waals surface area contributed by atoms with Gasteiger partial charge in [-0.3, -0.25) is 0 Å². The van der Waals surface area contributed by atoms with Crippen molar-refractivity contribution in [3.63, 3.8) is 0 Å². The maximum Gasteiger partial charge on any atom is 0.00868 e. The van der Waals surface area contributed by atoms with Gasteiger partial charge in [-0.05, 0) is 32.9 Å². The van der Waals surface area contributed by atoms with Gasteiger partial charge in [0.1, 0.15) is 0 Å². The van der Waals surface area contributed by atoms with E-state index in [1.807, 2.05) is 0 Å². The van der Waals surface area contributed by atoms with E-state index < -0.39 is 0 Å². The van der Waals surface area contributed by atoms with Crippen LogP contribution >= 0.6 is 0 Å². The Bertz CT molecular complexity index is 212. The fourth-order valence-electron chi connectivity index (χ4n) is 3.09. The van der Waals surface area contributed by atoms with Crippen LogP contribution in [0, 0.1) is 5.92 Å². The minimum Gasteiger partial charge on any atom is -0.303 e. The molecule has 0 N–H and O–H groups in total. The highest BCUT2D eigenvalue weighted by atomic mass is 15.1. The van der Waals surface area contributed by atoms with E-state index in [4.69, 9.17) is 0 Å². The predicted octanol–water partition coefficient (Wildman–Crippen LogP) is 7.05. The van der Waals surface area contributed by atoms with Gasteiger partial charge in [0.05, 0.1) is 0 Å². The first kappa shape index (κ1) is 22.0. The molecular formula is C21H45N. The summed E-state index contributed by atoms with van der Waals surface area (Å²) in [5, 5.41) is 0. The lowest BCUT2D eigenvalue weighted by Gasteiger charge is -2.27. The van der Waals surface area contributed by atoms with Gasteiger partial charge in [-0.2, -0.15) is 0 Å². The van der Waals surface area contributed by atoms with Crippen molar-refractivity contribution in [1.82, 2.24) is 4.90 Å². The zero-order chi connectivity index (χ0) is 16.6. The number of hydrogen-bond donors (Lipinski definition) is 0. The molecule has 0 fully saturated rings. The third-order valence-corrected chi connectivity index (χ3v) is 5.27. The molecule has 0 aliphatic heterocycles. The van der Waals surface area contributed by atoms with Crippen molar-refractivity contribution in [1.29, 1.82) is 0 Å². The first-order chi connectivity index (χ1) is 10.6. The largest absolute Gasteiger partial charge is 0.303 e. The standard InChI is InChI=1S/C21H45N/c1-6-7-8-9-10-11-12-13-14-15-16-17-18-19-22(5)21(4)20(2)3/h20-21H,6-19H2,1-5H3. The minimum absolute atomic E-state index is 0.720. The van der Waals surface area contributed by atoms with Crippen molar-refractivity contribution in [3.05, 3.63) is 0 Å². The molecule has 0 aromatic carbocycles. The third kappa shape index (κ3) is 13.6. The molecule has 1 heteroatoms. The Morgan fingerprint density at radius 1 is 0.591 bits per heavy atom. The zero-order valence-corrected chi connectivity index (χ0v) is 16.5. The molecule has 22 heavy (non-hydrogen) atoms. The van der Waals surface area contributed by atoms with Crippen molar-refractivity contribution in [2.75, 3.05) is 13.6 Å². The van der Waals surface area contributed by atoms with Gasteiger partial charge in [-0.1, -0.05) is 97.8 Å². The summed E-state index contributed by atoms with van der Waals surface area (Å²) < 4.78 is 0. The molecule has 1 unspecified atom stereocenters. The van der Waals surface area contributed by atoms with E-state index in [2.05, 4.69) is 39.6 Å².